The smallest absolute Gasteiger partial charge is 0.307 e. The summed E-state index contributed by atoms with van der Waals surface area (Å²) >= 11 is 0. The summed E-state index contributed by atoms with van der Waals surface area (Å²) in [5, 5.41) is 13.9. The number of hydrogen-bond donors (Lipinski definition) is 1. The average molecular weight is 296 g/mol. The third-order valence-corrected chi connectivity index (χ3v) is 3.86. The topological polar surface area (TPSA) is 93.2 Å². The van der Waals surface area contributed by atoms with E-state index in [1.807, 2.05) is 0 Å². The maximum Gasteiger partial charge on any atom is 0.346 e. The van der Waals surface area contributed by atoms with E-state index in [1.54, 1.807) is 0 Å². The molecule has 1 rings (SSSR count). The maximum atomic E-state index is 13.8. The highest BCUT2D eigenvalue weighted by Gasteiger charge is 2.51. The van der Waals surface area contributed by atoms with Gasteiger partial charge in [0.25, 0.3) is 0 Å². The molecule has 0 aromatic heterocycles. The number of halogens is 3. The summed E-state index contributed by atoms with van der Waals surface area (Å²) < 4.78 is 65.5. The van der Waals surface area contributed by atoms with E-state index in [0.717, 1.165) is 6.08 Å². The lowest BCUT2D eigenvalue weighted by Gasteiger charge is -2.37. The molecule has 0 saturated carbocycles. The molecule has 1 aliphatic rings. The van der Waals surface area contributed by atoms with Crippen molar-refractivity contribution in [3.8, 4) is 6.07 Å². The van der Waals surface area contributed by atoms with Crippen LogP contribution in [0.15, 0.2) is 22.9 Å². The molecule has 0 bridgehead atoms. The monoisotopic (exact) mass is 296 g/mol. The van der Waals surface area contributed by atoms with E-state index in [4.69, 9.17) is 10.4 Å². The molecular formula is C10H11F3N2O3S. The van der Waals surface area contributed by atoms with E-state index >= 15 is 0 Å². The summed E-state index contributed by atoms with van der Waals surface area (Å²) in [5.41, 5.74) is -2.35. The average Bonchev–Trinajstić information content (AvgIpc) is 2.29. The molecule has 0 aromatic rings. The fourth-order valence-electron chi connectivity index (χ4n) is 1.93. The molecule has 2 atom stereocenters. The first-order valence-corrected chi connectivity index (χ1v) is 6.70. The van der Waals surface area contributed by atoms with Gasteiger partial charge in [0.15, 0.2) is 0 Å². The summed E-state index contributed by atoms with van der Waals surface area (Å²) in [6.07, 6.45) is 1.09. The molecule has 5 nitrogen and oxygen atoms in total. The van der Waals surface area contributed by atoms with Gasteiger partial charge in [-0.05, 0) is 18.6 Å². The number of sulfonamides is 1. The number of allylic oxidation sites excluding steroid dienone is 2. The van der Waals surface area contributed by atoms with Crippen molar-refractivity contribution >= 4 is 10.0 Å². The Hall–Kier alpha value is -1.37. The van der Waals surface area contributed by atoms with Crippen molar-refractivity contribution in [3.05, 3.63) is 22.9 Å². The van der Waals surface area contributed by atoms with Crippen LogP contribution in [0.5, 0.6) is 0 Å². The van der Waals surface area contributed by atoms with Gasteiger partial charge in [-0.3, -0.25) is 0 Å². The highest BCUT2D eigenvalue weighted by atomic mass is 32.2. The minimum absolute atomic E-state index is 0.356. The zero-order valence-electron chi connectivity index (χ0n) is 9.81. The SMILES string of the molecule is CCC1(OC(F)F)C(F)=CC=C(S(N)(=O)=O)C1C#N. The van der Waals surface area contributed by atoms with E-state index in [9.17, 15) is 21.6 Å². The second kappa shape index (κ2) is 5.32. The van der Waals surface area contributed by atoms with Crippen molar-refractivity contribution in [1.82, 2.24) is 0 Å². The van der Waals surface area contributed by atoms with Gasteiger partial charge in [-0.1, -0.05) is 6.92 Å². The third-order valence-electron chi connectivity index (χ3n) is 2.83. The Labute approximate surface area is 108 Å². The first-order chi connectivity index (χ1) is 8.69. The van der Waals surface area contributed by atoms with Gasteiger partial charge < -0.3 is 4.74 Å². The lowest BCUT2D eigenvalue weighted by Crippen LogP contribution is -2.46. The Morgan fingerprint density at radius 2 is 2.16 bits per heavy atom. The zero-order chi connectivity index (χ0) is 14.8. The predicted octanol–water partition coefficient (Wildman–Crippen LogP) is 1.55. The molecule has 0 heterocycles. The van der Waals surface area contributed by atoms with E-state index < -0.39 is 38.9 Å². The Morgan fingerprint density at radius 1 is 1.58 bits per heavy atom. The van der Waals surface area contributed by atoms with Gasteiger partial charge in [0.1, 0.15) is 17.3 Å². The molecule has 2 N–H and O–H groups in total. The van der Waals surface area contributed by atoms with Crippen LogP contribution in [0.1, 0.15) is 13.3 Å². The summed E-state index contributed by atoms with van der Waals surface area (Å²) in [7, 11) is -4.33. The molecule has 0 radical (unpaired) electrons. The minimum Gasteiger partial charge on any atom is -0.307 e. The summed E-state index contributed by atoms with van der Waals surface area (Å²) in [4.78, 5) is -0.654. The number of nitrogens with zero attached hydrogens (tertiary/aromatic N) is 1. The summed E-state index contributed by atoms with van der Waals surface area (Å²) in [6, 6.07) is 1.47. The Kier molecular flexibility index (Phi) is 4.39. The number of primary sulfonamides is 1. The second-order valence-electron chi connectivity index (χ2n) is 3.81. The Balaban J connectivity index is 3.45. The van der Waals surface area contributed by atoms with Crippen molar-refractivity contribution in [3.63, 3.8) is 0 Å². The quantitative estimate of drug-likeness (QED) is 0.851. The van der Waals surface area contributed by atoms with E-state index in [1.165, 1.54) is 13.0 Å². The lowest BCUT2D eigenvalue weighted by atomic mass is 9.81. The Morgan fingerprint density at radius 3 is 2.53 bits per heavy atom. The summed E-state index contributed by atoms with van der Waals surface area (Å²) in [5.74, 6) is -2.92. The molecular weight excluding hydrogens is 285 g/mol. The van der Waals surface area contributed by atoms with Gasteiger partial charge >= 0.3 is 6.61 Å². The largest absolute Gasteiger partial charge is 0.346 e. The van der Waals surface area contributed by atoms with E-state index in [-0.39, 0.29) is 6.42 Å². The van der Waals surface area contributed by atoms with Crippen LogP contribution in [-0.2, 0) is 14.8 Å². The fourth-order valence-corrected chi connectivity index (χ4v) is 2.76. The molecule has 0 fully saturated rings. The van der Waals surface area contributed by atoms with Crippen molar-refractivity contribution in [2.24, 2.45) is 11.1 Å². The minimum atomic E-state index is -4.33. The standard InChI is InChI=1S/C10H11F3N2O3S/c1-2-10(18-9(12)13)6(5-14)7(19(15,16)17)3-4-8(10)11/h3-4,6,9H,2H2,1H3,(H2,15,16,17). The zero-order valence-corrected chi connectivity index (χ0v) is 10.6. The number of hydrogen-bond acceptors (Lipinski definition) is 4. The number of nitriles is 1. The van der Waals surface area contributed by atoms with Crippen molar-refractivity contribution < 1.29 is 26.3 Å². The van der Waals surface area contributed by atoms with Crippen LogP contribution in [0.3, 0.4) is 0 Å². The van der Waals surface area contributed by atoms with Gasteiger partial charge in [-0.2, -0.15) is 14.0 Å². The molecule has 1 aliphatic carbocycles. The van der Waals surface area contributed by atoms with Crippen LogP contribution in [-0.4, -0.2) is 20.6 Å². The van der Waals surface area contributed by atoms with E-state index in [2.05, 4.69) is 4.74 Å². The molecule has 0 amide bonds. The number of rotatable bonds is 4. The molecule has 9 heteroatoms. The molecule has 2 unspecified atom stereocenters. The van der Waals surface area contributed by atoms with Gasteiger partial charge in [0.2, 0.25) is 10.0 Å². The number of nitrogens with two attached hydrogens (primary N) is 1. The predicted molar refractivity (Wildman–Crippen MR) is 59.6 cm³/mol. The molecule has 19 heavy (non-hydrogen) atoms. The van der Waals surface area contributed by atoms with Gasteiger partial charge in [0.05, 0.1) is 11.0 Å². The Bertz CT molecular complexity index is 565. The lowest BCUT2D eigenvalue weighted by molar-refractivity contribution is -0.210. The second-order valence-corrected chi connectivity index (χ2v) is 5.37. The first-order valence-electron chi connectivity index (χ1n) is 5.15. The third kappa shape index (κ3) is 2.80. The van der Waals surface area contributed by atoms with Crippen molar-refractivity contribution in [2.45, 2.75) is 25.6 Å². The van der Waals surface area contributed by atoms with Crippen LogP contribution in [0.25, 0.3) is 0 Å². The highest BCUT2D eigenvalue weighted by Crippen LogP contribution is 2.43. The number of alkyl halides is 2. The van der Waals surface area contributed by atoms with Crippen LogP contribution in [0.4, 0.5) is 13.2 Å². The van der Waals surface area contributed by atoms with E-state index in [0.29, 0.717) is 6.08 Å². The molecule has 0 aromatic carbocycles. The number of ether oxygens (including phenoxy) is 1. The van der Waals surface area contributed by atoms with Crippen LogP contribution in [0, 0.1) is 17.2 Å². The van der Waals surface area contributed by atoms with Crippen LogP contribution in [0.2, 0.25) is 0 Å². The fraction of sp³-hybridized carbons (Fsp3) is 0.500. The maximum absolute atomic E-state index is 13.8. The van der Waals surface area contributed by atoms with Crippen LogP contribution < -0.4 is 5.14 Å². The molecule has 0 spiro atoms. The van der Waals surface area contributed by atoms with Gasteiger partial charge in [-0.15, -0.1) is 0 Å². The molecule has 0 saturated heterocycles. The molecule has 106 valence electrons. The first kappa shape index (κ1) is 15.7. The highest BCUT2D eigenvalue weighted by molar-refractivity contribution is 7.93. The van der Waals surface area contributed by atoms with Crippen molar-refractivity contribution in [1.29, 1.82) is 5.26 Å². The summed E-state index contributed by atoms with van der Waals surface area (Å²) in [6.45, 7) is -2.07. The van der Waals surface area contributed by atoms with Gasteiger partial charge in [0, 0.05) is 0 Å². The van der Waals surface area contributed by atoms with Crippen LogP contribution >= 0.6 is 0 Å². The molecule has 0 aliphatic heterocycles. The van der Waals surface area contributed by atoms with Crippen molar-refractivity contribution in [2.75, 3.05) is 0 Å². The van der Waals surface area contributed by atoms with Gasteiger partial charge in [-0.25, -0.2) is 17.9 Å². The normalized spacial score (nSPS) is 27.7.